The molecule has 2 N–H and O–H groups in total. The first-order chi connectivity index (χ1) is 6.54. The maximum Gasteiger partial charge on any atom is 0.134 e. The molecule has 0 spiro atoms. The van der Waals surface area contributed by atoms with Gasteiger partial charge in [-0.15, -0.1) is 0 Å². The number of hydrogen-bond donors (Lipinski definition) is 1. The molecule has 0 saturated heterocycles. The minimum Gasteiger partial charge on any atom is -0.384 e. The lowest BCUT2D eigenvalue weighted by Crippen LogP contribution is -2.29. The molecule has 1 aromatic rings. The van der Waals surface area contributed by atoms with Gasteiger partial charge in [0.2, 0.25) is 0 Å². The van der Waals surface area contributed by atoms with Crippen molar-refractivity contribution in [2.75, 3.05) is 17.7 Å². The summed E-state index contributed by atoms with van der Waals surface area (Å²) in [5, 5.41) is 0. The molecule has 0 fully saturated rings. The summed E-state index contributed by atoms with van der Waals surface area (Å²) >= 11 is 0. The highest BCUT2D eigenvalue weighted by Crippen LogP contribution is 2.15. The molecule has 78 valence electrons. The lowest BCUT2D eigenvalue weighted by molar-refractivity contribution is 0.655. The summed E-state index contributed by atoms with van der Waals surface area (Å²) in [5.74, 6) is 2.14. The van der Waals surface area contributed by atoms with Crippen molar-refractivity contribution >= 4 is 11.6 Å². The Hall–Kier alpha value is -1.32. The standard InChI is InChI=1S/C10H18N4/c1-5-7(2)14(4)10-6-9(11)12-8(3)13-10/h6-7H,5H2,1-4H3,(H2,11,12,13). The molecule has 1 heterocycles. The minimum absolute atomic E-state index is 0.462. The summed E-state index contributed by atoms with van der Waals surface area (Å²) in [4.78, 5) is 10.5. The van der Waals surface area contributed by atoms with Crippen molar-refractivity contribution < 1.29 is 0 Å². The predicted molar refractivity (Wildman–Crippen MR) is 59.3 cm³/mol. The number of nitrogen functional groups attached to an aromatic ring is 1. The maximum absolute atomic E-state index is 5.66. The van der Waals surface area contributed by atoms with Crippen LogP contribution in [0, 0.1) is 6.92 Å². The van der Waals surface area contributed by atoms with Crippen molar-refractivity contribution in [3.8, 4) is 0 Å². The number of nitrogens with zero attached hydrogens (tertiary/aromatic N) is 3. The van der Waals surface area contributed by atoms with E-state index in [2.05, 4.69) is 28.7 Å². The van der Waals surface area contributed by atoms with Crippen molar-refractivity contribution in [1.82, 2.24) is 9.97 Å². The van der Waals surface area contributed by atoms with E-state index in [9.17, 15) is 0 Å². The molecule has 0 bridgehead atoms. The van der Waals surface area contributed by atoms with Crippen LogP contribution in [0.3, 0.4) is 0 Å². The van der Waals surface area contributed by atoms with Crippen LogP contribution in [0.1, 0.15) is 26.1 Å². The summed E-state index contributed by atoms with van der Waals surface area (Å²) < 4.78 is 0. The normalized spacial score (nSPS) is 12.6. The zero-order chi connectivity index (χ0) is 10.7. The molecule has 1 unspecified atom stereocenters. The lowest BCUT2D eigenvalue weighted by Gasteiger charge is -2.25. The Kier molecular flexibility index (Phi) is 3.28. The number of anilines is 2. The molecule has 1 atom stereocenters. The molecule has 4 heteroatoms. The zero-order valence-electron chi connectivity index (χ0n) is 9.28. The first kappa shape index (κ1) is 10.8. The second-order valence-corrected chi connectivity index (χ2v) is 3.57. The third kappa shape index (κ3) is 2.34. The van der Waals surface area contributed by atoms with Crippen LogP contribution in [-0.2, 0) is 0 Å². The van der Waals surface area contributed by atoms with E-state index >= 15 is 0 Å². The van der Waals surface area contributed by atoms with Gasteiger partial charge in [-0.25, -0.2) is 9.97 Å². The van der Waals surface area contributed by atoms with Crippen molar-refractivity contribution in [2.45, 2.75) is 33.2 Å². The zero-order valence-corrected chi connectivity index (χ0v) is 9.28. The fraction of sp³-hybridized carbons (Fsp3) is 0.600. The van der Waals surface area contributed by atoms with Gasteiger partial charge in [-0.1, -0.05) is 6.92 Å². The quantitative estimate of drug-likeness (QED) is 0.794. The van der Waals surface area contributed by atoms with Crippen molar-refractivity contribution in [1.29, 1.82) is 0 Å². The molecule has 0 amide bonds. The van der Waals surface area contributed by atoms with E-state index in [4.69, 9.17) is 5.73 Å². The largest absolute Gasteiger partial charge is 0.384 e. The van der Waals surface area contributed by atoms with Gasteiger partial charge in [0.15, 0.2) is 0 Å². The Morgan fingerprint density at radius 2 is 2.14 bits per heavy atom. The summed E-state index contributed by atoms with van der Waals surface area (Å²) in [6, 6.07) is 2.27. The van der Waals surface area contributed by atoms with Gasteiger partial charge in [0, 0.05) is 19.2 Å². The van der Waals surface area contributed by atoms with Crippen molar-refractivity contribution in [2.24, 2.45) is 0 Å². The number of aryl methyl sites for hydroxylation is 1. The summed E-state index contributed by atoms with van der Waals surface area (Å²) in [5.41, 5.74) is 5.66. The monoisotopic (exact) mass is 194 g/mol. The van der Waals surface area contributed by atoms with Crippen LogP contribution in [0.15, 0.2) is 6.07 Å². The lowest BCUT2D eigenvalue weighted by atomic mass is 10.2. The molecule has 0 radical (unpaired) electrons. The van der Waals surface area contributed by atoms with Gasteiger partial charge in [0.05, 0.1) is 0 Å². The second kappa shape index (κ2) is 4.26. The van der Waals surface area contributed by atoms with Gasteiger partial charge >= 0.3 is 0 Å². The van der Waals surface area contributed by atoms with Gasteiger partial charge in [0.1, 0.15) is 17.5 Å². The van der Waals surface area contributed by atoms with E-state index in [1.54, 1.807) is 6.07 Å². The fourth-order valence-electron chi connectivity index (χ4n) is 1.25. The topological polar surface area (TPSA) is 55.0 Å². The summed E-state index contributed by atoms with van der Waals surface area (Å²) in [7, 11) is 2.02. The van der Waals surface area contributed by atoms with Crippen LogP contribution in [0.4, 0.5) is 11.6 Å². The highest BCUT2D eigenvalue weighted by atomic mass is 15.2. The molecular weight excluding hydrogens is 176 g/mol. The Morgan fingerprint density at radius 3 is 2.64 bits per heavy atom. The SMILES string of the molecule is CCC(C)N(C)c1cc(N)nc(C)n1. The first-order valence-corrected chi connectivity index (χ1v) is 4.88. The van der Waals surface area contributed by atoms with Crippen LogP contribution >= 0.6 is 0 Å². The molecule has 0 aliphatic carbocycles. The molecule has 1 aromatic heterocycles. The van der Waals surface area contributed by atoms with E-state index < -0.39 is 0 Å². The third-order valence-corrected chi connectivity index (χ3v) is 2.46. The van der Waals surface area contributed by atoms with Gasteiger partial charge in [-0.2, -0.15) is 0 Å². The van der Waals surface area contributed by atoms with E-state index in [1.807, 2.05) is 14.0 Å². The average Bonchev–Trinajstić information content (AvgIpc) is 2.14. The molecule has 0 aliphatic rings. The Labute approximate surface area is 85.2 Å². The van der Waals surface area contributed by atoms with E-state index in [0.29, 0.717) is 11.9 Å². The Balaban J connectivity index is 2.94. The van der Waals surface area contributed by atoms with Crippen molar-refractivity contribution in [3.63, 3.8) is 0 Å². The van der Waals surface area contributed by atoms with Crippen LogP contribution in [0.25, 0.3) is 0 Å². The molecule has 0 aromatic carbocycles. The number of rotatable bonds is 3. The molecule has 4 nitrogen and oxygen atoms in total. The molecule has 0 aliphatic heterocycles. The Morgan fingerprint density at radius 1 is 1.50 bits per heavy atom. The molecule has 0 saturated carbocycles. The van der Waals surface area contributed by atoms with Gasteiger partial charge in [-0.3, -0.25) is 0 Å². The first-order valence-electron chi connectivity index (χ1n) is 4.88. The maximum atomic E-state index is 5.66. The molecule has 14 heavy (non-hydrogen) atoms. The number of aromatic nitrogens is 2. The van der Waals surface area contributed by atoms with E-state index in [-0.39, 0.29) is 0 Å². The van der Waals surface area contributed by atoms with E-state index in [0.717, 1.165) is 18.1 Å². The Bertz CT molecular complexity index is 291. The minimum atomic E-state index is 0.462. The van der Waals surface area contributed by atoms with Crippen LogP contribution < -0.4 is 10.6 Å². The van der Waals surface area contributed by atoms with Crippen LogP contribution in [0.5, 0.6) is 0 Å². The van der Waals surface area contributed by atoms with Gasteiger partial charge < -0.3 is 10.6 Å². The van der Waals surface area contributed by atoms with Crippen LogP contribution in [0.2, 0.25) is 0 Å². The van der Waals surface area contributed by atoms with E-state index in [1.165, 1.54) is 0 Å². The highest BCUT2D eigenvalue weighted by molar-refractivity contribution is 5.46. The third-order valence-electron chi connectivity index (χ3n) is 2.46. The molecular formula is C10H18N4. The van der Waals surface area contributed by atoms with Crippen molar-refractivity contribution in [3.05, 3.63) is 11.9 Å². The number of nitrogens with two attached hydrogens (primary N) is 1. The van der Waals surface area contributed by atoms with Gasteiger partial charge in [-0.05, 0) is 20.3 Å². The summed E-state index contributed by atoms with van der Waals surface area (Å²) in [6.07, 6.45) is 1.08. The fourth-order valence-corrected chi connectivity index (χ4v) is 1.25. The predicted octanol–water partition coefficient (Wildman–Crippen LogP) is 1.60. The smallest absolute Gasteiger partial charge is 0.134 e. The summed E-state index contributed by atoms with van der Waals surface area (Å²) in [6.45, 7) is 6.16. The highest BCUT2D eigenvalue weighted by Gasteiger charge is 2.10. The second-order valence-electron chi connectivity index (χ2n) is 3.57. The van der Waals surface area contributed by atoms with Crippen LogP contribution in [-0.4, -0.2) is 23.1 Å². The number of hydrogen-bond acceptors (Lipinski definition) is 4. The van der Waals surface area contributed by atoms with Gasteiger partial charge in [0.25, 0.3) is 0 Å². The molecule has 1 rings (SSSR count). The average molecular weight is 194 g/mol.